The van der Waals surface area contributed by atoms with Gasteiger partial charge in [-0.05, 0) is 89.6 Å². The fourth-order valence-corrected chi connectivity index (χ4v) is 5.68. The van der Waals surface area contributed by atoms with E-state index in [2.05, 4.69) is 15.9 Å². The maximum Gasteiger partial charge on any atom is 0.339 e. The minimum absolute atomic E-state index is 0.0455. The highest BCUT2D eigenvalue weighted by molar-refractivity contribution is 9.10. The van der Waals surface area contributed by atoms with Crippen molar-refractivity contribution in [2.24, 2.45) is 0 Å². The third-order valence-corrected chi connectivity index (χ3v) is 8.02. The van der Waals surface area contributed by atoms with Crippen LogP contribution in [0.5, 0.6) is 11.5 Å². The van der Waals surface area contributed by atoms with Crippen molar-refractivity contribution in [1.29, 1.82) is 0 Å². The highest BCUT2D eigenvalue weighted by Gasteiger charge is 2.34. The summed E-state index contributed by atoms with van der Waals surface area (Å²) in [6.45, 7) is 4.15. The Bertz CT molecular complexity index is 1430. The van der Waals surface area contributed by atoms with E-state index in [1.54, 1.807) is 30.3 Å². The summed E-state index contributed by atoms with van der Waals surface area (Å²) in [6, 6.07) is 18.6. The molecule has 10 heteroatoms. The zero-order valence-electron chi connectivity index (χ0n) is 19.4. The SMILES string of the molecule is Cc1ccc(OCCN2C(=O)S/C(=C\c3ccc(OS(=O)(=O)c4ccc(C)cc4)c(Br)c3)C2=O)cc1. The van der Waals surface area contributed by atoms with Gasteiger partial charge >= 0.3 is 10.1 Å². The van der Waals surface area contributed by atoms with Crippen LogP contribution in [0.4, 0.5) is 4.79 Å². The molecule has 1 aliphatic rings. The summed E-state index contributed by atoms with van der Waals surface area (Å²) in [4.78, 5) is 26.6. The van der Waals surface area contributed by atoms with Gasteiger partial charge < -0.3 is 8.92 Å². The van der Waals surface area contributed by atoms with Gasteiger partial charge in [-0.25, -0.2) is 0 Å². The van der Waals surface area contributed by atoms with Crippen molar-refractivity contribution in [2.75, 3.05) is 13.2 Å². The zero-order valence-corrected chi connectivity index (χ0v) is 22.7. The topological polar surface area (TPSA) is 90.0 Å². The predicted molar refractivity (Wildman–Crippen MR) is 142 cm³/mol. The Morgan fingerprint density at radius 1 is 0.944 bits per heavy atom. The third kappa shape index (κ3) is 6.18. The number of imide groups is 1. The second kappa shape index (κ2) is 10.9. The van der Waals surface area contributed by atoms with Crippen molar-refractivity contribution in [3.63, 3.8) is 0 Å². The number of thioether (sulfide) groups is 1. The van der Waals surface area contributed by atoms with E-state index < -0.39 is 16.0 Å². The first kappa shape index (κ1) is 26.0. The van der Waals surface area contributed by atoms with Crippen LogP contribution in [-0.2, 0) is 14.9 Å². The number of rotatable bonds is 8. The summed E-state index contributed by atoms with van der Waals surface area (Å²) in [5.41, 5.74) is 2.64. The molecule has 1 saturated heterocycles. The van der Waals surface area contributed by atoms with E-state index in [1.807, 2.05) is 38.1 Å². The Morgan fingerprint density at radius 2 is 1.58 bits per heavy atom. The smallest absolute Gasteiger partial charge is 0.339 e. The standard InChI is InChI=1S/C26H22BrNO6S2/c1-17-3-8-20(9-4-17)33-14-13-28-25(29)24(35-26(28)30)16-19-7-12-23(22(27)15-19)34-36(31,32)21-10-5-18(2)6-11-21/h3-12,15-16H,13-14H2,1-2H3/b24-16-. The van der Waals surface area contributed by atoms with E-state index in [1.165, 1.54) is 18.2 Å². The van der Waals surface area contributed by atoms with E-state index in [0.29, 0.717) is 15.8 Å². The lowest BCUT2D eigenvalue weighted by Gasteiger charge is -2.13. The van der Waals surface area contributed by atoms with E-state index in [-0.39, 0.29) is 33.9 Å². The molecule has 2 amide bonds. The number of carbonyl (C=O) groups is 2. The first-order valence-corrected chi connectivity index (χ1v) is 13.9. The van der Waals surface area contributed by atoms with E-state index >= 15 is 0 Å². The average molecular weight is 589 g/mol. The molecule has 1 heterocycles. The van der Waals surface area contributed by atoms with Crippen LogP contribution in [-0.4, -0.2) is 37.6 Å². The van der Waals surface area contributed by atoms with Gasteiger partial charge in [-0.15, -0.1) is 0 Å². The van der Waals surface area contributed by atoms with Crippen molar-refractivity contribution < 1.29 is 26.9 Å². The van der Waals surface area contributed by atoms with Crippen LogP contribution in [0.2, 0.25) is 0 Å². The second-order valence-electron chi connectivity index (χ2n) is 8.04. The minimum Gasteiger partial charge on any atom is -0.492 e. The Hall–Kier alpha value is -3.08. The Labute approximate surface area is 222 Å². The molecule has 0 spiro atoms. The number of nitrogens with zero attached hydrogens (tertiary/aromatic N) is 1. The average Bonchev–Trinajstić information content (AvgIpc) is 3.09. The number of carbonyl (C=O) groups excluding carboxylic acids is 2. The maximum atomic E-state index is 12.8. The third-order valence-electron chi connectivity index (χ3n) is 5.24. The Balaban J connectivity index is 1.41. The molecule has 0 N–H and O–H groups in total. The molecule has 3 aromatic rings. The fraction of sp³-hybridized carbons (Fsp3) is 0.154. The first-order chi connectivity index (χ1) is 17.1. The number of amides is 2. The Morgan fingerprint density at radius 3 is 2.22 bits per heavy atom. The van der Waals surface area contributed by atoms with Gasteiger partial charge in [-0.3, -0.25) is 14.5 Å². The number of hydrogen-bond acceptors (Lipinski definition) is 7. The molecule has 1 aliphatic heterocycles. The van der Waals surface area contributed by atoms with Crippen LogP contribution in [0.15, 0.2) is 81.0 Å². The van der Waals surface area contributed by atoms with Crippen LogP contribution in [0.25, 0.3) is 6.08 Å². The molecule has 36 heavy (non-hydrogen) atoms. The molecule has 0 saturated carbocycles. The van der Waals surface area contributed by atoms with Crippen LogP contribution in [0.1, 0.15) is 16.7 Å². The van der Waals surface area contributed by atoms with Gasteiger partial charge in [-0.2, -0.15) is 8.42 Å². The normalized spacial score (nSPS) is 15.0. The number of aryl methyl sites for hydroxylation is 2. The van der Waals surface area contributed by atoms with Gasteiger partial charge in [0.2, 0.25) is 0 Å². The minimum atomic E-state index is -4.01. The molecule has 1 fully saturated rings. The van der Waals surface area contributed by atoms with Crippen LogP contribution < -0.4 is 8.92 Å². The van der Waals surface area contributed by atoms with Gasteiger partial charge in [0.1, 0.15) is 17.3 Å². The molecule has 4 rings (SSSR count). The summed E-state index contributed by atoms with van der Waals surface area (Å²) in [7, 11) is -4.01. The lowest BCUT2D eigenvalue weighted by atomic mass is 10.2. The van der Waals surface area contributed by atoms with Crippen LogP contribution >= 0.6 is 27.7 Å². The molecule has 0 unspecified atom stereocenters. The molecular formula is C26H22BrNO6S2. The van der Waals surface area contributed by atoms with E-state index in [4.69, 9.17) is 8.92 Å². The molecule has 0 atom stereocenters. The van der Waals surface area contributed by atoms with E-state index in [9.17, 15) is 18.0 Å². The van der Waals surface area contributed by atoms with Crippen molar-refractivity contribution in [2.45, 2.75) is 18.7 Å². The van der Waals surface area contributed by atoms with Gasteiger partial charge in [0.05, 0.1) is 15.9 Å². The maximum absolute atomic E-state index is 12.8. The van der Waals surface area contributed by atoms with Crippen molar-refractivity contribution in [3.05, 3.63) is 92.8 Å². The second-order valence-corrected chi connectivity index (χ2v) is 11.4. The van der Waals surface area contributed by atoms with Gasteiger partial charge in [0.25, 0.3) is 11.1 Å². The fourth-order valence-electron chi connectivity index (χ4n) is 3.28. The molecule has 7 nitrogen and oxygen atoms in total. The molecule has 0 aromatic heterocycles. The number of benzene rings is 3. The predicted octanol–water partition coefficient (Wildman–Crippen LogP) is 5.95. The highest BCUT2D eigenvalue weighted by Crippen LogP contribution is 2.34. The van der Waals surface area contributed by atoms with Gasteiger partial charge in [0.15, 0.2) is 5.75 Å². The van der Waals surface area contributed by atoms with Gasteiger partial charge in [-0.1, -0.05) is 41.5 Å². The zero-order chi connectivity index (χ0) is 25.9. The summed E-state index contributed by atoms with van der Waals surface area (Å²) in [5, 5.41) is -0.373. The summed E-state index contributed by atoms with van der Waals surface area (Å²) in [6.07, 6.45) is 1.58. The molecule has 0 aliphatic carbocycles. The summed E-state index contributed by atoms with van der Waals surface area (Å²) >= 11 is 4.17. The van der Waals surface area contributed by atoms with Crippen LogP contribution in [0, 0.1) is 13.8 Å². The number of ether oxygens (including phenoxy) is 1. The van der Waals surface area contributed by atoms with Crippen molar-refractivity contribution in [1.82, 2.24) is 4.90 Å². The molecule has 0 radical (unpaired) electrons. The highest BCUT2D eigenvalue weighted by atomic mass is 79.9. The largest absolute Gasteiger partial charge is 0.492 e. The first-order valence-electron chi connectivity index (χ1n) is 10.9. The van der Waals surface area contributed by atoms with E-state index in [0.717, 1.165) is 27.8 Å². The number of hydrogen-bond donors (Lipinski definition) is 0. The van der Waals surface area contributed by atoms with Crippen molar-refractivity contribution >= 4 is 55.0 Å². The molecule has 186 valence electrons. The summed E-state index contributed by atoms with van der Waals surface area (Å²) in [5.74, 6) is 0.365. The number of halogens is 1. The molecular weight excluding hydrogens is 566 g/mol. The van der Waals surface area contributed by atoms with Crippen LogP contribution in [0.3, 0.4) is 0 Å². The van der Waals surface area contributed by atoms with Gasteiger partial charge in [0, 0.05) is 0 Å². The lowest BCUT2D eigenvalue weighted by Crippen LogP contribution is -2.32. The Kier molecular flexibility index (Phi) is 7.87. The molecule has 0 bridgehead atoms. The summed E-state index contributed by atoms with van der Waals surface area (Å²) < 4.78 is 36.5. The quantitative estimate of drug-likeness (QED) is 0.237. The molecule has 3 aromatic carbocycles. The monoisotopic (exact) mass is 587 g/mol. The lowest BCUT2D eigenvalue weighted by molar-refractivity contribution is -0.123. The van der Waals surface area contributed by atoms with Crippen molar-refractivity contribution in [3.8, 4) is 11.5 Å².